The molecule has 0 bridgehead atoms. The molecule has 0 spiro atoms. The predicted octanol–water partition coefficient (Wildman–Crippen LogP) is 2.15. The molecular formula is C15H23NO4. The van der Waals surface area contributed by atoms with Gasteiger partial charge in [0, 0.05) is 12.6 Å². The lowest BCUT2D eigenvalue weighted by molar-refractivity contribution is -0.165. The Morgan fingerprint density at radius 2 is 2.10 bits per heavy atom. The van der Waals surface area contributed by atoms with Crippen molar-refractivity contribution in [2.75, 3.05) is 13.1 Å². The molecule has 0 aromatic carbocycles. The first kappa shape index (κ1) is 16.4. The molecule has 0 aromatic rings. The van der Waals surface area contributed by atoms with E-state index in [1.165, 1.54) is 6.08 Å². The van der Waals surface area contributed by atoms with Crippen LogP contribution in [0.5, 0.6) is 0 Å². The van der Waals surface area contributed by atoms with Gasteiger partial charge in [-0.25, -0.2) is 0 Å². The SMILES string of the molecule is C=CCC(CCCN1CCC=CC1C)(C(=O)O)C(=O)O. The second kappa shape index (κ2) is 7.24. The number of aliphatic carboxylic acids is 2. The van der Waals surface area contributed by atoms with Crippen LogP contribution >= 0.6 is 0 Å². The fourth-order valence-corrected chi connectivity index (χ4v) is 2.59. The van der Waals surface area contributed by atoms with Gasteiger partial charge in [-0.3, -0.25) is 14.5 Å². The summed E-state index contributed by atoms with van der Waals surface area (Å²) < 4.78 is 0. The number of carbonyl (C=O) groups is 2. The minimum absolute atomic E-state index is 0.0485. The van der Waals surface area contributed by atoms with Crippen molar-refractivity contribution in [1.82, 2.24) is 4.90 Å². The quantitative estimate of drug-likeness (QED) is 0.526. The lowest BCUT2D eigenvalue weighted by Gasteiger charge is -2.31. The van der Waals surface area contributed by atoms with Gasteiger partial charge in [0.15, 0.2) is 5.41 Å². The van der Waals surface area contributed by atoms with Crippen LogP contribution in [0.3, 0.4) is 0 Å². The third-order valence-electron chi connectivity index (χ3n) is 3.93. The normalized spacial score (nSPS) is 19.8. The monoisotopic (exact) mass is 281 g/mol. The van der Waals surface area contributed by atoms with E-state index in [4.69, 9.17) is 0 Å². The van der Waals surface area contributed by atoms with Gasteiger partial charge in [0.2, 0.25) is 0 Å². The first-order valence-corrected chi connectivity index (χ1v) is 6.92. The van der Waals surface area contributed by atoms with Crippen molar-refractivity contribution >= 4 is 11.9 Å². The van der Waals surface area contributed by atoms with Gasteiger partial charge in [0.25, 0.3) is 0 Å². The molecule has 0 saturated carbocycles. The summed E-state index contributed by atoms with van der Waals surface area (Å²) in [5.41, 5.74) is -1.74. The lowest BCUT2D eigenvalue weighted by atomic mass is 9.80. The van der Waals surface area contributed by atoms with E-state index in [0.29, 0.717) is 19.0 Å². The molecule has 2 N–H and O–H groups in total. The maximum Gasteiger partial charge on any atom is 0.321 e. The number of hydrogen-bond acceptors (Lipinski definition) is 3. The molecule has 1 rings (SSSR count). The van der Waals surface area contributed by atoms with E-state index in [2.05, 4.69) is 30.6 Å². The molecule has 0 saturated heterocycles. The second-order valence-electron chi connectivity index (χ2n) is 5.28. The van der Waals surface area contributed by atoms with Crippen LogP contribution < -0.4 is 0 Å². The molecule has 1 unspecified atom stereocenters. The highest BCUT2D eigenvalue weighted by molar-refractivity contribution is 5.98. The van der Waals surface area contributed by atoms with E-state index in [9.17, 15) is 19.8 Å². The highest BCUT2D eigenvalue weighted by Crippen LogP contribution is 2.30. The maximum atomic E-state index is 11.3. The zero-order valence-corrected chi connectivity index (χ0v) is 11.9. The summed E-state index contributed by atoms with van der Waals surface area (Å²) in [6.07, 6.45) is 7.23. The van der Waals surface area contributed by atoms with Crippen LogP contribution in [0, 0.1) is 5.41 Å². The predicted molar refractivity (Wildman–Crippen MR) is 76.5 cm³/mol. The molecule has 112 valence electrons. The van der Waals surface area contributed by atoms with E-state index in [0.717, 1.165) is 13.0 Å². The summed E-state index contributed by atoms with van der Waals surface area (Å²) in [6.45, 7) is 7.21. The summed E-state index contributed by atoms with van der Waals surface area (Å²) in [4.78, 5) is 24.9. The fraction of sp³-hybridized carbons (Fsp3) is 0.600. The van der Waals surface area contributed by atoms with E-state index in [1.807, 2.05) is 0 Å². The Bertz CT molecular complexity index is 389. The molecule has 20 heavy (non-hydrogen) atoms. The van der Waals surface area contributed by atoms with E-state index in [1.54, 1.807) is 0 Å². The molecule has 1 aliphatic rings. The Morgan fingerprint density at radius 1 is 1.45 bits per heavy atom. The van der Waals surface area contributed by atoms with Crippen LogP contribution in [0.15, 0.2) is 24.8 Å². The number of allylic oxidation sites excluding steroid dienone is 1. The average Bonchev–Trinajstić information content (AvgIpc) is 2.39. The topological polar surface area (TPSA) is 77.8 Å². The maximum absolute atomic E-state index is 11.3. The lowest BCUT2D eigenvalue weighted by Crippen LogP contribution is -2.41. The molecule has 0 radical (unpaired) electrons. The van der Waals surface area contributed by atoms with Crippen molar-refractivity contribution < 1.29 is 19.8 Å². The van der Waals surface area contributed by atoms with Crippen molar-refractivity contribution in [3.8, 4) is 0 Å². The van der Waals surface area contributed by atoms with Gasteiger partial charge < -0.3 is 10.2 Å². The standard InChI is InChI=1S/C15H23NO4/c1-3-8-15(13(17)18,14(19)20)9-6-11-16-10-5-4-7-12(16)2/h3-4,7,12H,1,5-6,8-11H2,2H3,(H,17,18)(H,19,20). The number of carboxylic acid groups (broad SMARTS) is 2. The van der Waals surface area contributed by atoms with Gasteiger partial charge in [-0.05, 0) is 39.2 Å². The Hall–Kier alpha value is -1.62. The molecule has 5 heteroatoms. The van der Waals surface area contributed by atoms with Crippen molar-refractivity contribution in [3.63, 3.8) is 0 Å². The van der Waals surface area contributed by atoms with Crippen LogP contribution in [0.1, 0.15) is 32.6 Å². The smallest absolute Gasteiger partial charge is 0.321 e. The highest BCUT2D eigenvalue weighted by atomic mass is 16.4. The van der Waals surface area contributed by atoms with Crippen molar-refractivity contribution in [1.29, 1.82) is 0 Å². The summed E-state index contributed by atoms with van der Waals surface area (Å²) in [5.74, 6) is -2.56. The second-order valence-corrected chi connectivity index (χ2v) is 5.28. The number of nitrogens with zero attached hydrogens (tertiary/aromatic N) is 1. The van der Waals surface area contributed by atoms with Crippen molar-refractivity contribution in [2.45, 2.75) is 38.6 Å². The number of hydrogen-bond donors (Lipinski definition) is 2. The largest absolute Gasteiger partial charge is 0.480 e. The zero-order chi connectivity index (χ0) is 15.2. The van der Waals surface area contributed by atoms with Gasteiger partial charge in [-0.15, -0.1) is 6.58 Å². The zero-order valence-electron chi connectivity index (χ0n) is 11.9. The van der Waals surface area contributed by atoms with Crippen molar-refractivity contribution in [2.24, 2.45) is 5.41 Å². The van der Waals surface area contributed by atoms with Gasteiger partial charge in [-0.1, -0.05) is 18.2 Å². The average molecular weight is 281 g/mol. The van der Waals surface area contributed by atoms with Crippen LogP contribution in [0.4, 0.5) is 0 Å². The van der Waals surface area contributed by atoms with Gasteiger partial charge in [0.05, 0.1) is 0 Å². The summed E-state index contributed by atoms with van der Waals surface area (Å²) >= 11 is 0. The Balaban J connectivity index is 2.63. The third-order valence-corrected chi connectivity index (χ3v) is 3.93. The van der Waals surface area contributed by atoms with E-state index < -0.39 is 17.4 Å². The van der Waals surface area contributed by atoms with E-state index >= 15 is 0 Å². The highest BCUT2D eigenvalue weighted by Gasteiger charge is 2.44. The summed E-state index contributed by atoms with van der Waals surface area (Å²) in [7, 11) is 0. The van der Waals surface area contributed by atoms with Gasteiger partial charge in [-0.2, -0.15) is 0 Å². The minimum Gasteiger partial charge on any atom is -0.480 e. The van der Waals surface area contributed by atoms with Crippen LogP contribution in [-0.4, -0.2) is 46.2 Å². The third kappa shape index (κ3) is 3.70. The van der Waals surface area contributed by atoms with Gasteiger partial charge in [0.1, 0.15) is 0 Å². The first-order chi connectivity index (χ1) is 9.44. The Labute approximate surface area is 119 Å². The first-order valence-electron chi connectivity index (χ1n) is 6.92. The van der Waals surface area contributed by atoms with Crippen LogP contribution in [-0.2, 0) is 9.59 Å². The molecule has 5 nitrogen and oxygen atoms in total. The number of carboxylic acids is 2. The molecule has 0 fully saturated rings. The molecule has 1 atom stereocenters. The van der Waals surface area contributed by atoms with Crippen LogP contribution in [0.2, 0.25) is 0 Å². The summed E-state index contributed by atoms with van der Waals surface area (Å²) in [6, 6.07) is 0.326. The minimum atomic E-state index is -1.74. The Kier molecular flexibility index (Phi) is 5.95. The molecule has 0 aromatic heterocycles. The van der Waals surface area contributed by atoms with Crippen LogP contribution in [0.25, 0.3) is 0 Å². The molecule has 0 aliphatic carbocycles. The van der Waals surface area contributed by atoms with Crippen molar-refractivity contribution in [3.05, 3.63) is 24.8 Å². The number of rotatable bonds is 8. The Morgan fingerprint density at radius 3 is 2.60 bits per heavy atom. The molecule has 1 heterocycles. The van der Waals surface area contributed by atoms with E-state index in [-0.39, 0.29) is 12.8 Å². The molecule has 1 aliphatic heterocycles. The fourth-order valence-electron chi connectivity index (χ4n) is 2.59. The summed E-state index contributed by atoms with van der Waals surface area (Å²) in [5, 5.41) is 18.5. The molecular weight excluding hydrogens is 258 g/mol. The van der Waals surface area contributed by atoms with Gasteiger partial charge >= 0.3 is 11.9 Å². The molecule has 0 amide bonds.